The molecule has 9 nitrogen and oxygen atoms in total. The van der Waals surface area contributed by atoms with Gasteiger partial charge in [-0.2, -0.15) is 0 Å². The quantitative estimate of drug-likeness (QED) is 0.483. The Bertz CT molecular complexity index is 1270. The first-order chi connectivity index (χ1) is 20.2. The van der Waals surface area contributed by atoms with Crippen molar-refractivity contribution < 1.29 is 24.2 Å². The van der Waals surface area contributed by atoms with Crippen molar-refractivity contribution in [2.45, 2.75) is 42.3 Å². The van der Waals surface area contributed by atoms with Crippen LogP contribution >= 0.6 is 11.8 Å². The number of carbonyl (C=O) groups is 3. The molecule has 3 saturated heterocycles. The molecule has 0 aromatic heterocycles. The van der Waals surface area contributed by atoms with Gasteiger partial charge in [-0.05, 0) is 25.0 Å². The highest BCUT2D eigenvalue weighted by Gasteiger charge is 2.74. The molecule has 1 spiro atoms. The van der Waals surface area contributed by atoms with E-state index in [1.165, 1.54) is 0 Å². The van der Waals surface area contributed by atoms with Crippen LogP contribution < -0.4 is 4.90 Å². The number of morpholine rings is 1. The van der Waals surface area contributed by atoms with E-state index in [2.05, 4.69) is 17.1 Å². The number of nitrogens with zero attached hydrogens (tertiary/aromatic N) is 4. The lowest BCUT2D eigenvalue weighted by molar-refractivity contribution is -0.146. The lowest BCUT2D eigenvalue weighted by Gasteiger charge is -2.41. The van der Waals surface area contributed by atoms with E-state index in [1.54, 1.807) is 21.6 Å². The fourth-order valence-corrected chi connectivity index (χ4v) is 9.76. The molecule has 10 heteroatoms. The van der Waals surface area contributed by atoms with Crippen molar-refractivity contribution in [1.29, 1.82) is 0 Å². The largest absolute Gasteiger partial charge is 0.394 e. The summed E-state index contributed by atoms with van der Waals surface area (Å²) in [5.74, 6) is -1.88. The average molecular weight is 595 g/mol. The normalized spacial score (nSPS) is 34.0. The summed E-state index contributed by atoms with van der Waals surface area (Å²) >= 11 is 1.59. The third-order valence-corrected chi connectivity index (χ3v) is 11.5. The van der Waals surface area contributed by atoms with Crippen LogP contribution in [0.5, 0.6) is 0 Å². The molecular weight excluding hydrogens is 552 g/mol. The van der Waals surface area contributed by atoms with Gasteiger partial charge in [0.1, 0.15) is 6.04 Å². The van der Waals surface area contributed by atoms with Crippen LogP contribution in [0.15, 0.2) is 54.6 Å². The van der Waals surface area contributed by atoms with Gasteiger partial charge in [0.25, 0.3) is 0 Å². The van der Waals surface area contributed by atoms with Gasteiger partial charge in [0.15, 0.2) is 0 Å². The van der Waals surface area contributed by atoms with Crippen molar-refractivity contribution in [3.05, 3.63) is 54.6 Å². The zero-order valence-electron chi connectivity index (χ0n) is 24.7. The standard InChI is InChI=1S/C32H42N4O5S/c1-22(2)24(21-37)36-27-30(40)34(16-15-33-17-19-41-20-18-33)13-8-12-32(27)26(29(36)39)25-28(38)35(23-9-5-4-6-10-23)14-7-11-31(25,3)42-32/h4-12,22,24-27,37H,13-21H2,1-3H3/t24-,25+,26-,27?,31-,32-/m0/s1. The summed E-state index contributed by atoms with van der Waals surface area (Å²) in [7, 11) is 0. The molecule has 6 atom stereocenters. The Kier molecular flexibility index (Phi) is 8.02. The number of hydrogen-bond donors (Lipinski definition) is 1. The van der Waals surface area contributed by atoms with E-state index in [1.807, 2.05) is 68.2 Å². The number of anilines is 1. The molecule has 0 bridgehead atoms. The molecule has 3 amide bonds. The summed E-state index contributed by atoms with van der Waals surface area (Å²) in [5, 5.41) is 10.5. The number of aliphatic hydroxyl groups excluding tert-OH is 1. The van der Waals surface area contributed by atoms with Crippen LogP contribution in [-0.4, -0.2) is 118 Å². The zero-order chi connectivity index (χ0) is 29.6. The van der Waals surface area contributed by atoms with Gasteiger partial charge in [0.2, 0.25) is 17.7 Å². The Morgan fingerprint density at radius 1 is 0.952 bits per heavy atom. The van der Waals surface area contributed by atoms with Crippen molar-refractivity contribution in [2.75, 3.05) is 64.0 Å². The number of thioether (sulfide) groups is 1. The maximum absolute atomic E-state index is 14.7. The molecule has 0 radical (unpaired) electrons. The number of aliphatic hydroxyl groups is 1. The molecule has 1 aromatic rings. The van der Waals surface area contributed by atoms with Crippen LogP contribution in [0.1, 0.15) is 20.8 Å². The molecular formula is C32H42N4O5S. The topological polar surface area (TPSA) is 93.6 Å². The molecule has 5 heterocycles. The van der Waals surface area contributed by atoms with Gasteiger partial charge in [-0.3, -0.25) is 19.3 Å². The van der Waals surface area contributed by atoms with E-state index < -0.39 is 33.4 Å². The van der Waals surface area contributed by atoms with Crippen LogP contribution in [0.2, 0.25) is 0 Å². The van der Waals surface area contributed by atoms with E-state index in [9.17, 15) is 19.5 Å². The van der Waals surface area contributed by atoms with Gasteiger partial charge in [-0.25, -0.2) is 0 Å². The molecule has 1 aromatic carbocycles. The summed E-state index contributed by atoms with van der Waals surface area (Å²) in [5.41, 5.74) is 0.790. The van der Waals surface area contributed by atoms with Crippen molar-refractivity contribution in [3.8, 4) is 0 Å². The van der Waals surface area contributed by atoms with Crippen molar-refractivity contribution in [1.82, 2.24) is 14.7 Å². The molecule has 3 fully saturated rings. The smallest absolute Gasteiger partial charge is 0.247 e. The first-order valence-electron chi connectivity index (χ1n) is 15.2. The highest BCUT2D eigenvalue weighted by molar-refractivity contribution is 8.02. The Labute approximate surface area is 252 Å². The molecule has 6 rings (SSSR count). The maximum Gasteiger partial charge on any atom is 0.247 e. The summed E-state index contributed by atoms with van der Waals surface area (Å²) in [6, 6.07) is 8.23. The average Bonchev–Trinajstić information content (AvgIpc) is 3.25. The molecule has 0 saturated carbocycles. The number of amides is 3. The van der Waals surface area contributed by atoms with E-state index in [0.717, 1.165) is 25.3 Å². The van der Waals surface area contributed by atoms with Crippen molar-refractivity contribution in [3.63, 3.8) is 0 Å². The Morgan fingerprint density at radius 2 is 1.67 bits per heavy atom. The highest BCUT2D eigenvalue weighted by atomic mass is 32.2. The SMILES string of the molecule is CC(C)[C@H](CO)N1C(=O)[C@@H]2[C@@H]3C(=O)N(c4ccccc4)CC=C[C@]3(C)S[C@@]23C=CCN(CCN2CCOCC2)C(=O)C13. The number of rotatable bonds is 7. The molecule has 1 unspecified atom stereocenters. The molecule has 5 aliphatic rings. The maximum atomic E-state index is 14.7. The van der Waals surface area contributed by atoms with Crippen LogP contribution in [-0.2, 0) is 19.1 Å². The highest BCUT2D eigenvalue weighted by Crippen LogP contribution is 2.66. The molecule has 0 aliphatic carbocycles. The summed E-state index contributed by atoms with van der Waals surface area (Å²) in [4.78, 5) is 51.4. The number of likely N-dealkylation sites (tertiary alicyclic amines) is 1. The lowest BCUT2D eigenvalue weighted by Crippen LogP contribution is -2.58. The fraction of sp³-hybridized carbons (Fsp3) is 0.594. The molecule has 226 valence electrons. The van der Waals surface area contributed by atoms with Gasteiger partial charge >= 0.3 is 0 Å². The Balaban J connectivity index is 1.41. The zero-order valence-corrected chi connectivity index (χ0v) is 25.5. The minimum atomic E-state index is -0.927. The monoisotopic (exact) mass is 594 g/mol. The van der Waals surface area contributed by atoms with Gasteiger partial charge in [0.05, 0.1) is 42.4 Å². The first kappa shape index (κ1) is 29.4. The lowest BCUT2D eigenvalue weighted by atomic mass is 9.74. The predicted molar refractivity (Wildman–Crippen MR) is 163 cm³/mol. The third-order valence-electron chi connectivity index (χ3n) is 9.75. The first-order valence-corrected chi connectivity index (χ1v) is 16.0. The Morgan fingerprint density at radius 3 is 2.36 bits per heavy atom. The second-order valence-electron chi connectivity index (χ2n) is 12.6. The second kappa shape index (κ2) is 11.4. The van der Waals surface area contributed by atoms with Gasteiger partial charge in [-0.15, -0.1) is 11.8 Å². The van der Waals surface area contributed by atoms with Crippen LogP contribution in [0, 0.1) is 17.8 Å². The van der Waals surface area contributed by atoms with Crippen molar-refractivity contribution in [2.24, 2.45) is 17.8 Å². The summed E-state index contributed by atoms with van der Waals surface area (Å²) < 4.78 is 3.89. The number of para-hydroxylation sites is 1. The van der Waals surface area contributed by atoms with E-state index >= 15 is 0 Å². The summed E-state index contributed by atoms with van der Waals surface area (Å²) in [6.07, 6.45) is 8.18. The molecule has 42 heavy (non-hydrogen) atoms. The van der Waals surface area contributed by atoms with Crippen molar-refractivity contribution >= 4 is 35.2 Å². The predicted octanol–water partition coefficient (Wildman–Crippen LogP) is 2.02. The second-order valence-corrected chi connectivity index (χ2v) is 14.4. The van der Waals surface area contributed by atoms with Crippen LogP contribution in [0.3, 0.4) is 0 Å². The fourth-order valence-electron chi connectivity index (χ4n) is 7.61. The molecule has 5 aliphatic heterocycles. The van der Waals surface area contributed by atoms with Gasteiger partial charge in [0, 0.05) is 49.7 Å². The van der Waals surface area contributed by atoms with E-state index in [4.69, 9.17) is 4.74 Å². The number of benzene rings is 1. The number of fused-ring (bicyclic) bond motifs is 2. The van der Waals surface area contributed by atoms with Crippen LogP contribution in [0.25, 0.3) is 0 Å². The Hall–Kier alpha value is -2.66. The number of carbonyl (C=O) groups excluding carboxylic acids is 3. The minimum absolute atomic E-state index is 0.0707. The number of hydrogen-bond acceptors (Lipinski definition) is 7. The van der Waals surface area contributed by atoms with E-state index in [0.29, 0.717) is 32.8 Å². The molecule has 1 N–H and O–H groups in total. The minimum Gasteiger partial charge on any atom is -0.394 e. The third kappa shape index (κ3) is 4.71. The van der Waals surface area contributed by atoms with Gasteiger partial charge in [-0.1, -0.05) is 56.4 Å². The summed E-state index contributed by atoms with van der Waals surface area (Å²) in [6.45, 7) is 10.9. The number of ether oxygens (including phenoxy) is 1. The van der Waals surface area contributed by atoms with Gasteiger partial charge < -0.3 is 24.5 Å². The van der Waals surface area contributed by atoms with Crippen LogP contribution in [0.4, 0.5) is 5.69 Å². The van der Waals surface area contributed by atoms with E-state index in [-0.39, 0.29) is 30.2 Å².